The molecule has 49 heavy (non-hydrogen) atoms. The van der Waals surface area contributed by atoms with Gasteiger partial charge in [0.1, 0.15) is 11.5 Å². The molecule has 4 aliphatic rings. The van der Waals surface area contributed by atoms with Crippen molar-refractivity contribution in [2.24, 2.45) is 0 Å². The topological polar surface area (TPSA) is 90.9 Å². The zero-order valence-electron chi connectivity index (χ0n) is 28.5. The number of carbonyl (C=O) groups is 1. The predicted octanol–water partition coefficient (Wildman–Crippen LogP) is 6.68. The van der Waals surface area contributed by atoms with Crippen LogP contribution in [-0.4, -0.2) is 93.3 Å². The van der Waals surface area contributed by atoms with Crippen LogP contribution in [0.2, 0.25) is 0 Å². The molecule has 0 saturated carbocycles. The molecule has 0 atom stereocenters. The number of carbonyl (C=O) groups excluding carboxylic acids is 1. The molecule has 0 N–H and O–H groups in total. The number of unbranched alkanes of at least 4 members (excludes halogenated alkanes) is 3. The standard InChI is InChI=1S/C39H46ClN5O4/c1-43(19-21-48-23-22-47-20-5-3-2-4-14-40)27-28-8-11-31-34(24-28)39(38(42-41)37(31)46)32-12-9-29(44-15-6-16-44)25-35(32)49-36-26-30(10-13-33(36)39)45-17-7-18-45/h8-13,24-26H,2-7,14-23,27H2,1H3. The van der Waals surface area contributed by atoms with Crippen molar-refractivity contribution in [2.75, 3.05) is 81.9 Å². The van der Waals surface area contributed by atoms with Crippen LogP contribution >= 0.6 is 11.6 Å². The number of halogens is 1. The summed E-state index contributed by atoms with van der Waals surface area (Å²) in [6.07, 6.45) is 6.76. The second-order valence-electron chi connectivity index (χ2n) is 13.6. The molecule has 258 valence electrons. The number of fused-ring (bicyclic) bond motifs is 6. The molecule has 0 bridgehead atoms. The van der Waals surface area contributed by atoms with E-state index in [2.05, 4.69) is 69.0 Å². The summed E-state index contributed by atoms with van der Waals surface area (Å²) in [5.41, 5.74) is 15.9. The zero-order valence-corrected chi connectivity index (χ0v) is 29.2. The van der Waals surface area contributed by atoms with Gasteiger partial charge in [0.2, 0.25) is 0 Å². The lowest BCUT2D eigenvalue weighted by atomic mass is 9.67. The molecule has 2 saturated heterocycles. The summed E-state index contributed by atoms with van der Waals surface area (Å²) in [6.45, 7) is 7.99. The Hall–Kier alpha value is -3.72. The number of ketones is 1. The Morgan fingerprint density at radius 3 is 2.04 bits per heavy atom. The van der Waals surface area contributed by atoms with E-state index in [4.69, 9.17) is 25.8 Å². The average molecular weight is 684 g/mol. The predicted molar refractivity (Wildman–Crippen MR) is 193 cm³/mol. The lowest BCUT2D eigenvalue weighted by Crippen LogP contribution is -2.41. The summed E-state index contributed by atoms with van der Waals surface area (Å²) < 4.78 is 18.2. The fourth-order valence-corrected chi connectivity index (χ4v) is 7.68. The highest BCUT2D eigenvalue weighted by Gasteiger charge is 2.62. The summed E-state index contributed by atoms with van der Waals surface area (Å²) in [4.78, 5) is 24.7. The van der Waals surface area contributed by atoms with Gasteiger partial charge in [0.25, 0.3) is 5.78 Å². The van der Waals surface area contributed by atoms with Crippen LogP contribution in [0, 0.1) is 0 Å². The fourth-order valence-electron chi connectivity index (χ4n) is 7.49. The molecule has 0 unspecified atom stereocenters. The first-order chi connectivity index (χ1) is 24.0. The number of alkyl halides is 1. The van der Waals surface area contributed by atoms with Gasteiger partial charge in [0, 0.05) is 92.0 Å². The van der Waals surface area contributed by atoms with Crippen molar-refractivity contribution >= 4 is 34.5 Å². The number of Topliss-reactive ketones (excluding diaryl/α,β-unsaturated/α-hetero) is 1. The Kier molecular flexibility index (Phi) is 10.4. The van der Waals surface area contributed by atoms with Crippen molar-refractivity contribution in [1.82, 2.24) is 4.90 Å². The smallest absolute Gasteiger partial charge is 0.358 e. The van der Waals surface area contributed by atoms with Crippen LogP contribution in [0.25, 0.3) is 5.53 Å². The average Bonchev–Trinajstić information content (AvgIpc) is 3.29. The Balaban J connectivity index is 1.12. The van der Waals surface area contributed by atoms with Crippen LogP contribution in [-0.2, 0) is 21.4 Å². The molecule has 10 heteroatoms. The minimum absolute atomic E-state index is 0.109. The summed E-state index contributed by atoms with van der Waals surface area (Å²) in [6, 6.07) is 18.5. The largest absolute Gasteiger partial charge is 0.457 e. The SMILES string of the molecule is CN(CCOCCOCCCCCCCl)Cc1ccc2c(c1)C1(C(=[N+]=[N-])C2=O)c2ccc(N3CCC3)cc2Oc2cc(N3CCC3)ccc21. The maximum Gasteiger partial charge on any atom is 0.358 e. The van der Waals surface area contributed by atoms with Crippen LogP contribution in [0.4, 0.5) is 11.4 Å². The monoisotopic (exact) mass is 683 g/mol. The Bertz CT molecular complexity index is 1670. The molecule has 2 fully saturated rings. The first kappa shape index (κ1) is 33.8. The lowest BCUT2D eigenvalue weighted by molar-refractivity contribution is -0.0118. The van der Waals surface area contributed by atoms with E-state index in [1.807, 2.05) is 12.1 Å². The molecule has 0 aromatic heterocycles. The summed E-state index contributed by atoms with van der Waals surface area (Å²) in [5.74, 6) is 1.85. The van der Waals surface area contributed by atoms with E-state index in [1.54, 1.807) is 0 Å². The molecule has 3 aromatic carbocycles. The minimum atomic E-state index is -1.10. The summed E-state index contributed by atoms with van der Waals surface area (Å²) in [7, 11) is 2.07. The van der Waals surface area contributed by atoms with Crippen molar-refractivity contribution < 1.29 is 23.8 Å². The highest BCUT2D eigenvalue weighted by atomic mass is 35.5. The van der Waals surface area contributed by atoms with Gasteiger partial charge < -0.3 is 29.5 Å². The molecule has 0 radical (unpaired) electrons. The maximum absolute atomic E-state index is 14.1. The first-order valence-corrected chi connectivity index (χ1v) is 18.4. The van der Waals surface area contributed by atoms with E-state index < -0.39 is 5.41 Å². The van der Waals surface area contributed by atoms with Gasteiger partial charge >= 0.3 is 5.71 Å². The van der Waals surface area contributed by atoms with Gasteiger partial charge in [-0.2, -0.15) is 4.79 Å². The van der Waals surface area contributed by atoms with Crippen molar-refractivity contribution in [3.05, 3.63) is 87.9 Å². The fraction of sp³-hybridized carbons (Fsp3) is 0.487. The van der Waals surface area contributed by atoms with E-state index in [-0.39, 0.29) is 11.5 Å². The highest BCUT2D eigenvalue weighted by Crippen LogP contribution is 2.57. The van der Waals surface area contributed by atoms with Gasteiger partial charge in [-0.1, -0.05) is 43.2 Å². The number of hydrogen-bond donors (Lipinski definition) is 0. The third-order valence-corrected chi connectivity index (χ3v) is 10.7. The zero-order chi connectivity index (χ0) is 33.8. The van der Waals surface area contributed by atoms with Gasteiger partial charge in [-0.05, 0) is 56.0 Å². The van der Waals surface area contributed by atoms with E-state index >= 15 is 0 Å². The molecule has 9 nitrogen and oxygen atoms in total. The molecule has 3 heterocycles. The van der Waals surface area contributed by atoms with Crippen LogP contribution in [0.3, 0.4) is 0 Å². The van der Waals surface area contributed by atoms with E-state index in [0.29, 0.717) is 43.4 Å². The van der Waals surface area contributed by atoms with Gasteiger partial charge in [-0.3, -0.25) is 9.69 Å². The Morgan fingerprint density at radius 1 is 0.816 bits per heavy atom. The van der Waals surface area contributed by atoms with Gasteiger partial charge in [0.05, 0.1) is 19.8 Å². The quantitative estimate of drug-likeness (QED) is 0.0720. The number of hydrogen-bond acceptors (Lipinski definition) is 7. The van der Waals surface area contributed by atoms with Crippen LogP contribution in [0.1, 0.15) is 71.1 Å². The molecular weight excluding hydrogens is 638 g/mol. The van der Waals surface area contributed by atoms with Crippen LogP contribution < -0.4 is 14.5 Å². The van der Waals surface area contributed by atoms with Crippen molar-refractivity contribution in [1.29, 1.82) is 0 Å². The number of benzene rings is 3. The lowest BCUT2D eigenvalue weighted by Gasteiger charge is -2.39. The number of anilines is 2. The Morgan fingerprint density at radius 2 is 1.45 bits per heavy atom. The third kappa shape index (κ3) is 6.51. The minimum Gasteiger partial charge on any atom is -0.457 e. The van der Waals surface area contributed by atoms with Crippen molar-refractivity contribution in [2.45, 2.75) is 50.5 Å². The van der Waals surface area contributed by atoms with Gasteiger partial charge in [0.15, 0.2) is 5.41 Å². The summed E-state index contributed by atoms with van der Waals surface area (Å²) in [5, 5.41) is 0. The van der Waals surface area contributed by atoms with E-state index in [1.165, 1.54) is 12.8 Å². The second kappa shape index (κ2) is 15.0. The number of likely N-dealkylation sites (N-methyl/N-ethyl adjacent to an activating group) is 1. The number of ether oxygens (including phenoxy) is 3. The van der Waals surface area contributed by atoms with Crippen LogP contribution in [0.15, 0.2) is 54.6 Å². The number of nitrogens with zero attached hydrogens (tertiary/aromatic N) is 5. The highest BCUT2D eigenvalue weighted by molar-refractivity contribution is 6.52. The van der Waals surface area contributed by atoms with Crippen molar-refractivity contribution in [3.63, 3.8) is 0 Å². The normalized spacial score (nSPS) is 17.0. The summed E-state index contributed by atoms with van der Waals surface area (Å²) >= 11 is 5.74. The molecule has 1 aliphatic carbocycles. The molecule has 3 aliphatic heterocycles. The van der Waals surface area contributed by atoms with Crippen LogP contribution in [0.5, 0.6) is 11.5 Å². The first-order valence-electron chi connectivity index (χ1n) is 17.8. The second-order valence-corrected chi connectivity index (χ2v) is 14.0. The molecular formula is C39H46ClN5O4. The molecule has 7 rings (SSSR count). The maximum atomic E-state index is 14.1. The van der Waals surface area contributed by atoms with Gasteiger partial charge in [-0.25, -0.2) is 0 Å². The van der Waals surface area contributed by atoms with Crippen molar-refractivity contribution in [3.8, 4) is 11.5 Å². The van der Waals surface area contributed by atoms with E-state index in [9.17, 15) is 10.3 Å². The molecule has 1 spiro atoms. The Labute approximate surface area is 294 Å². The molecule has 0 amide bonds. The van der Waals surface area contributed by atoms with Gasteiger partial charge in [-0.15, -0.1) is 11.6 Å². The van der Waals surface area contributed by atoms with E-state index in [0.717, 1.165) is 105 Å². The molecule has 3 aromatic rings. The number of rotatable bonds is 16. The third-order valence-electron chi connectivity index (χ3n) is 10.4.